The summed E-state index contributed by atoms with van der Waals surface area (Å²) in [5, 5.41) is 3.56. The summed E-state index contributed by atoms with van der Waals surface area (Å²) < 4.78 is 0.813. The Hall–Kier alpha value is -1.20. The van der Waals surface area contributed by atoms with E-state index in [0.29, 0.717) is 16.5 Å². The molecule has 2 aromatic heterocycles. The van der Waals surface area contributed by atoms with Gasteiger partial charge in [-0.3, -0.25) is 4.98 Å². The van der Waals surface area contributed by atoms with Crippen LogP contribution in [0.4, 0.5) is 5.82 Å². The maximum Gasteiger partial charge on any atom is 0.180 e. The van der Waals surface area contributed by atoms with Crippen LogP contribution in [0.2, 0.25) is 5.02 Å². The molecule has 0 spiro atoms. The molecule has 0 fully saturated rings. The van der Waals surface area contributed by atoms with E-state index in [-0.39, 0.29) is 0 Å². The first-order valence-electron chi connectivity index (χ1n) is 4.53. The standard InChI is InChI=1S/C10H8BrClN4/c1-13-9-7(11)5-15-10(16-9)8-3-2-6(12)4-14-8/h2-5H,1H3,(H,13,15,16). The molecule has 16 heavy (non-hydrogen) atoms. The van der Waals surface area contributed by atoms with Crippen LogP contribution in [0.3, 0.4) is 0 Å². The number of hydrogen-bond acceptors (Lipinski definition) is 4. The van der Waals surface area contributed by atoms with Crippen LogP contribution in [0.5, 0.6) is 0 Å². The molecule has 2 aromatic rings. The fourth-order valence-electron chi connectivity index (χ4n) is 1.17. The smallest absolute Gasteiger partial charge is 0.180 e. The van der Waals surface area contributed by atoms with E-state index in [1.165, 1.54) is 0 Å². The molecule has 0 aliphatic carbocycles. The van der Waals surface area contributed by atoms with Crippen molar-refractivity contribution < 1.29 is 0 Å². The molecule has 0 aromatic carbocycles. The van der Waals surface area contributed by atoms with Gasteiger partial charge in [-0.2, -0.15) is 0 Å². The van der Waals surface area contributed by atoms with E-state index in [0.717, 1.165) is 10.3 Å². The first kappa shape index (κ1) is 11.3. The monoisotopic (exact) mass is 298 g/mol. The molecule has 4 nitrogen and oxygen atoms in total. The predicted molar refractivity (Wildman–Crippen MR) is 67.5 cm³/mol. The molecule has 0 radical (unpaired) electrons. The quantitative estimate of drug-likeness (QED) is 0.926. The lowest BCUT2D eigenvalue weighted by Crippen LogP contribution is -1.98. The first-order valence-corrected chi connectivity index (χ1v) is 5.70. The second-order valence-corrected chi connectivity index (χ2v) is 4.29. The van der Waals surface area contributed by atoms with Gasteiger partial charge in [0.15, 0.2) is 5.82 Å². The summed E-state index contributed by atoms with van der Waals surface area (Å²) in [5.41, 5.74) is 0.688. The third-order valence-corrected chi connectivity index (χ3v) is 2.74. The van der Waals surface area contributed by atoms with Gasteiger partial charge in [0.05, 0.1) is 9.50 Å². The van der Waals surface area contributed by atoms with Crippen LogP contribution >= 0.6 is 27.5 Å². The Labute approximate surface area is 106 Å². The Balaban J connectivity index is 2.44. The SMILES string of the molecule is CNc1nc(-c2ccc(Cl)cn2)ncc1Br. The fraction of sp³-hybridized carbons (Fsp3) is 0.100. The molecular formula is C10H8BrClN4. The lowest BCUT2D eigenvalue weighted by Gasteiger charge is -2.04. The van der Waals surface area contributed by atoms with Crippen LogP contribution in [0.15, 0.2) is 29.0 Å². The number of nitrogens with zero attached hydrogens (tertiary/aromatic N) is 3. The van der Waals surface area contributed by atoms with Gasteiger partial charge in [-0.1, -0.05) is 11.6 Å². The van der Waals surface area contributed by atoms with Crippen molar-refractivity contribution in [3.63, 3.8) is 0 Å². The normalized spacial score (nSPS) is 10.2. The predicted octanol–water partition coefficient (Wildman–Crippen LogP) is 3.00. The maximum absolute atomic E-state index is 5.76. The Morgan fingerprint density at radius 2 is 2.06 bits per heavy atom. The highest BCUT2D eigenvalue weighted by Crippen LogP contribution is 2.22. The van der Waals surface area contributed by atoms with Gasteiger partial charge in [0, 0.05) is 19.4 Å². The molecule has 0 unspecified atom stereocenters. The largest absolute Gasteiger partial charge is 0.372 e. The van der Waals surface area contributed by atoms with Crippen LogP contribution in [-0.4, -0.2) is 22.0 Å². The molecule has 1 N–H and O–H groups in total. The highest BCUT2D eigenvalue weighted by molar-refractivity contribution is 9.10. The van der Waals surface area contributed by atoms with Gasteiger partial charge < -0.3 is 5.32 Å². The van der Waals surface area contributed by atoms with E-state index in [1.807, 2.05) is 0 Å². The van der Waals surface area contributed by atoms with Gasteiger partial charge in [-0.15, -0.1) is 0 Å². The number of nitrogens with one attached hydrogen (secondary N) is 1. The van der Waals surface area contributed by atoms with Crippen LogP contribution < -0.4 is 5.32 Å². The van der Waals surface area contributed by atoms with Crippen molar-refractivity contribution in [2.24, 2.45) is 0 Å². The summed E-state index contributed by atoms with van der Waals surface area (Å²) in [6, 6.07) is 3.54. The molecule has 0 saturated carbocycles. The highest BCUT2D eigenvalue weighted by atomic mass is 79.9. The Kier molecular flexibility index (Phi) is 3.36. The lowest BCUT2D eigenvalue weighted by atomic mass is 10.3. The Bertz CT molecular complexity index is 501. The molecule has 82 valence electrons. The number of pyridine rings is 1. The lowest BCUT2D eigenvalue weighted by molar-refractivity contribution is 1.12. The summed E-state index contributed by atoms with van der Waals surface area (Å²) in [5.74, 6) is 1.28. The summed E-state index contributed by atoms with van der Waals surface area (Å²) in [7, 11) is 1.80. The highest BCUT2D eigenvalue weighted by Gasteiger charge is 2.06. The molecule has 0 aliphatic rings. The minimum absolute atomic E-state index is 0.559. The van der Waals surface area contributed by atoms with Crippen molar-refractivity contribution in [3.05, 3.63) is 34.0 Å². The fourth-order valence-corrected chi connectivity index (χ4v) is 1.68. The summed E-state index contributed by atoms with van der Waals surface area (Å²) in [6.07, 6.45) is 3.26. The zero-order valence-electron chi connectivity index (χ0n) is 8.41. The van der Waals surface area contributed by atoms with Crippen molar-refractivity contribution in [2.75, 3.05) is 12.4 Å². The Morgan fingerprint density at radius 3 is 2.69 bits per heavy atom. The number of aromatic nitrogens is 3. The third-order valence-electron chi connectivity index (χ3n) is 1.94. The van der Waals surface area contributed by atoms with Crippen LogP contribution in [0.1, 0.15) is 0 Å². The van der Waals surface area contributed by atoms with Gasteiger partial charge >= 0.3 is 0 Å². The second-order valence-electron chi connectivity index (χ2n) is 3.00. The minimum Gasteiger partial charge on any atom is -0.372 e. The molecule has 0 bridgehead atoms. The van der Waals surface area contributed by atoms with Crippen molar-refractivity contribution >= 4 is 33.3 Å². The summed E-state index contributed by atoms with van der Waals surface area (Å²) in [4.78, 5) is 12.7. The van der Waals surface area contributed by atoms with Crippen LogP contribution in [0, 0.1) is 0 Å². The molecule has 2 rings (SSSR count). The van der Waals surface area contributed by atoms with E-state index in [4.69, 9.17) is 11.6 Å². The second kappa shape index (κ2) is 4.76. The maximum atomic E-state index is 5.76. The average molecular weight is 300 g/mol. The number of hydrogen-bond donors (Lipinski definition) is 1. The van der Waals surface area contributed by atoms with Gasteiger partial charge in [0.1, 0.15) is 11.5 Å². The van der Waals surface area contributed by atoms with Gasteiger partial charge in [0.2, 0.25) is 0 Å². The molecule has 0 atom stereocenters. The van der Waals surface area contributed by atoms with Crippen molar-refractivity contribution in [1.82, 2.24) is 15.0 Å². The average Bonchev–Trinajstić information content (AvgIpc) is 2.31. The Morgan fingerprint density at radius 1 is 1.25 bits per heavy atom. The molecule has 6 heteroatoms. The number of rotatable bonds is 2. The zero-order valence-corrected chi connectivity index (χ0v) is 10.7. The molecule has 0 saturated heterocycles. The van der Waals surface area contributed by atoms with E-state index in [1.54, 1.807) is 31.6 Å². The van der Waals surface area contributed by atoms with Crippen molar-refractivity contribution in [1.29, 1.82) is 0 Å². The summed E-state index contributed by atoms with van der Waals surface area (Å²) >= 11 is 9.11. The van der Waals surface area contributed by atoms with E-state index >= 15 is 0 Å². The summed E-state index contributed by atoms with van der Waals surface area (Å²) in [6.45, 7) is 0. The van der Waals surface area contributed by atoms with E-state index < -0.39 is 0 Å². The van der Waals surface area contributed by atoms with Crippen molar-refractivity contribution in [3.8, 4) is 11.5 Å². The van der Waals surface area contributed by atoms with Gasteiger partial charge in [-0.25, -0.2) is 9.97 Å². The molecule has 0 aliphatic heterocycles. The van der Waals surface area contributed by atoms with Gasteiger partial charge in [0.25, 0.3) is 0 Å². The number of halogens is 2. The third kappa shape index (κ3) is 2.31. The first-order chi connectivity index (χ1) is 7.70. The van der Waals surface area contributed by atoms with E-state index in [2.05, 4.69) is 36.2 Å². The van der Waals surface area contributed by atoms with Crippen LogP contribution in [-0.2, 0) is 0 Å². The molecule has 2 heterocycles. The van der Waals surface area contributed by atoms with Crippen molar-refractivity contribution in [2.45, 2.75) is 0 Å². The number of anilines is 1. The topological polar surface area (TPSA) is 50.7 Å². The van der Waals surface area contributed by atoms with Gasteiger partial charge in [-0.05, 0) is 28.1 Å². The van der Waals surface area contributed by atoms with Crippen LogP contribution in [0.25, 0.3) is 11.5 Å². The molecular weight excluding hydrogens is 291 g/mol. The van der Waals surface area contributed by atoms with E-state index in [9.17, 15) is 0 Å². The minimum atomic E-state index is 0.559. The zero-order chi connectivity index (χ0) is 11.5. The molecule has 0 amide bonds.